The number of halogens is 1. The Morgan fingerprint density at radius 1 is 0.971 bits per heavy atom. The van der Waals surface area contributed by atoms with Crippen molar-refractivity contribution in [3.05, 3.63) is 84.2 Å². The van der Waals surface area contributed by atoms with Crippen LogP contribution in [0.1, 0.15) is 5.56 Å². The number of anilines is 2. The molecule has 1 heterocycles. The van der Waals surface area contributed by atoms with Gasteiger partial charge in [0.15, 0.2) is 0 Å². The maximum absolute atomic E-state index is 13.8. The Morgan fingerprint density at radius 2 is 1.63 bits per heavy atom. The fourth-order valence-electron chi connectivity index (χ4n) is 4.10. The van der Waals surface area contributed by atoms with E-state index < -0.39 is 10.0 Å². The van der Waals surface area contributed by atoms with E-state index >= 15 is 0 Å². The molecule has 0 saturated carbocycles. The van der Waals surface area contributed by atoms with Crippen LogP contribution in [-0.2, 0) is 14.8 Å². The zero-order valence-corrected chi connectivity index (χ0v) is 20.5. The molecule has 0 bridgehead atoms. The van der Waals surface area contributed by atoms with Gasteiger partial charge in [0.2, 0.25) is 5.91 Å². The number of sulfonamides is 1. The number of aryl methyl sites for hydroxylation is 1. The van der Waals surface area contributed by atoms with Crippen LogP contribution in [0, 0.1) is 12.7 Å². The number of benzene rings is 3. The molecule has 7 nitrogen and oxygen atoms in total. The molecule has 1 fully saturated rings. The molecule has 0 aromatic heterocycles. The molecule has 0 radical (unpaired) electrons. The Labute approximate surface area is 205 Å². The van der Waals surface area contributed by atoms with Gasteiger partial charge in [-0.15, -0.1) is 0 Å². The smallest absolute Gasteiger partial charge is 0.268 e. The SMILES string of the molecule is COc1ccc(C)cc1S(=O)(=O)N(CC(=O)N1CCN(c2ccc(F)cc2)CC1)c1ccccc1. The van der Waals surface area contributed by atoms with E-state index in [2.05, 4.69) is 4.90 Å². The van der Waals surface area contributed by atoms with E-state index in [0.29, 0.717) is 31.9 Å². The van der Waals surface area contributed by atoms with Crippen LogP contribution in [0.4, 0.5) is 15.8 Å². The van der Waals surface area contributed by atoms with Crippen LogP contribution in [0.3, 0.4) is 0 Å². The molecule has 0 unspecified atom stereocenters. The average Bonchev–Trinajstić information content (AvgIpc) is 2.88. The third-order valence-corrected chi connectivity index (χ3v) is 7.83. The molecular weight excluding hydrogens is 469 g/mol. The number of rotatable bonds is 7. The quantitative estimate of drug-likeness (QED) is 0.498. The second kappa shape index (κ2) is 10.4. The lowest BCUT2D eigenvalue weighted by molar-refractivity contribution is -0.129. The maximum Gasteiger partial charge on any atom is 0.268 e. The molecular formula is C26H28FN3O4S. The van der Waals surface area contributed by atoms with Gasteiger partial charge in [-0.05, 0) is 61.0 Å². The maximum atomic E-state index is 13.8. The molecule has 0 spiro atoms. The van der Waals surface area contributed by atoms with Gasteiger partial charge in [-0.3, -0.25) is 9.10 Å². The van der Waals surface area contributed by atoms with E-state index in [1.54, 1.807) is 72.5 Å². The van der Waals surface area contributed by atoms with Crippen molar-refractivity contribution in [2.75, 3.05) is 49.0 Å². The number of para-hydroxylation sites is 1. The molecule has 1 aliphatic rings. The highest BCUT2D eigenvalue weighted by Crippen LogP contribution is 2.31. The number of hydrogen-bond donors (Lipinski definition) is 0. The summed E-state index contributed by atoms with van der Waals surface area (Å²) in [7, 11) is -2.68. The summed E-state index contributed by atoms with van der Waals surface area (Å²) < 4.78 is 47.3. The topological polar surface area (TPSA) is 70.2 Å². The number of amides is 1. The Morgan fingerprint density at radius 3 is 2.26 bits per heavy atom. The van der Waals surface area contributed by atoms with Gasteiger partial charge in [-0.1, -0.05) is 24.3 Å². The van der Waals surface area contributed by atoms with Gasteiger partial charge >= 0.3 is 0 Å². The fraction of sp³-hybridized carbons (Fsp3) is 0.269. The van der Waals surface area contributed by atoms with Gasteiger partial charge in [0.25, 0.3) is 10.0 Å². The van der Waals surface area contributed by atoms with E-state index in [1.807, 2.05) is 0 Å². The summed E-state index contributed by atoms with van der Waals surface area (Å²) in [5.74, 6) is -0.366. The van der Waals surface area contributed by atoms with Gasteiger partial charge < -0.3 is 14.5 Å². The van der Waals surface area contributed by atoms with E-state index in [9.17, 15) is 17.6 Å². The first-order chi connectivity index (χ1) is 16.8. The minimum absolute atomic E-state index is 0.0118. The largest absolute Gasteiger partial charge is 0.495 e. The Hall–Kier alpha value is -3.59. The van der Waals surface area contributed by atoms with Crippen molar-refractivity contribution in [2.24, 2.45) is 0 Å². The zero-order chi connectivity index (χ0) is 25.0. The molecule has 35 heavy (non-hydrogen) atoms. The first-order valence-corrected chi connectivity index (χ1v) is 12.7. The Balaban J connectivity index is 1.56. The lowest BCUT2D eigenvalue weighted by Crippen LogP contribution is -2.52. The monoisotopic (exact) mass is 497 g/mol. The minimum Gasteiger partial charge on any atom is -0.495 e. The van der Waals surface area contributed by atoms with Crippen LogP contribution in [0.5, 0.6) is 5.75 Å². The second-order valence-corrected chi connectivity index (χ2v) is 10.2. The van der Waals surface area contributed by atoms with E-state index in [4.69, 9.17) is 4.74 Å². The minimum atomic E-state index is -4.10. The molecule has 1 amide bonds. The average molecular weight is 498 g/mol. The van der Waals surface area contributed by atoms with Gasteiger partial charge in [0, 0.05) is 31.9 Å². The van der Waals surface area contributed by atoms with Crippen molar-refractivity contribution in [2.45, 2.75) is 11.8 Å². The third-order valence-electron chi connectivity index (χ3n) is 6.03. The number of methoxy groups -OCH3 is 1. The second-order valence-electron chi connectivity index (χ2n) is 8.35. The Bertz CT molecular complexity index is 1280. The van der Waals surface area contributed by atoms with Crippen LogP contribution >= 0.6 is 0 Å². The summed E-state index contributed by atoms with van der Waals surface area (Å²) in [5.41, 5.74) is 2.05. The molecule has 3 aromatic carbocycles. The van der Waals surface area contributed by atoms with E-state index in [-0.39, 0.29) is 28.9 Å². The summed E-state index contributed by atoms with van der Waals surface area (Å²) in [6, 6.07) is 19.8. The van der Waals surface area contributed by atoms with Gasteiger partial charge in [-0.2, -0.15) is 0 Å². The highest BCUT2D eigenvalue weighted by atomic mass is 32.2. The van der Waals surface area contributed by atoms with Crippen molar-refractivity contribution >= 4 is 27.3 Å². The number of ether oxygens (including phenoxy) is 1. The van der Waals surface area contributed by atoms with Crippen molar-refractivity contribution in [1.82, 2.24) is 4.90 Å². The fourth-order valence-corrected chi connectivity index (χ4v) is 5.76. The summed E-state index contributed by atoms with van der Waals surface area (Å²) in [6.45, 7) is 3.48. The molecule has 0 N–H and O–H groups in total. The first kappa shape index (κ1) is 24.5. The van der Waals surface area contributed by atoms with Gasteiger partial charge in [0.1, 0.15) is 23.0 Å². The summed E-state index contributed by atoms with van der Waals surface area (Å²) in [4.78, 5) is 17.0. The summed E-state index contributed by atoms with van der Waals surface area (Å²) in [6.07, 6.45) is 0. The van der Waals surface area contributed by atoms with Crippen LogP contribution in [0.2, 0.25) is 0 Å². The highest BCUT2D eigenvalue weighted by Gasteiger charge is 2.32. The van der Waals surface area contributed by atoms with E-state index in [0.717, 1.165) is 15.6 Å². The standard InChI is InChI=1S/C26H28FN3O4S/c1-20-8-13-24(34-2)25(18-20)35(32,33)30(23-6-4-3-5-7-23)19-26(31)29-16-14-28(15-17-29)22-11-9-21(27)10-12-22/h3-13,18H,14-17,19H2,1-2H3. The van der Waals surface area contributed by atoms with Crippen LogP contribution in [0.15, 0.2) is 77.7 Å². The lowest BCUT2D eigenvalue weighted by Gasteiger charge is -2.37. The first-order valence-electron chi connectivity index (χ1n) is 11.3. The van der Waals surface area contributed by atoms with Crippen LogP contribution < -0.4 is 13.9 Å². The molecule has 3 aromatic rings. The van der Waals surface area contributed by atoms with Gasteiger partial charge in [-0.25, -0.2) is 12.8 Å². The van der Waals surface area contributed by atoms with Crippen LogP contribution in [-0.4, -0.2) is 59.1 Å². The Kier molecular flexibility index (Phi) is 7.25. The van der Waals surface area contributed by atoms with Crippen molar-refractivity contribution < 1.29 is 22.3 Å². The summed E-state index contributed by atoms with van der Waals surface area (Å²) >= 11 is 0. The molecule has 0 atom stereocenters. The molecule has 1 aliphatic heterocycles. The molecule has 184 valence electrons. The number of hydrogen-bond acceptors (Lipinski definition) is 5. The predicted octanol–water partition coefficient (Wildman–Crippen LogP) is 3.69. The molecule has 9 heteroatoms. The van der Waals surface area contributed by atoms with E-state index in [1.165, 1.54) is 19.2 Å². The van der Waals surface area contributed by atoms with Crippen LogP contribution in [0.25, 0.3) is 0 Å². The number of nitrogens with zero attached hydrogens (tertiary/aromatic N) is 3. The zero-order valence-electron chi connectivity index (χ0n) is 19.7. The molecule has 1 saturated heterocycles. The predicted molar refractivity (Wildman–Crippen MR) is 134 cm³/mol. The van der Waals surface area contributed by atoms with Crippen molar-refractivity contribution in [1.29, 1.82) is 0 Å². The molecule has 4 rings (SSSR count). The van der Waals surface area contributed by atoms with Gasteiger partial charge in [0.05, 0.1) is 12.8 Å². The van der Waals surface area contributed by atoms with Crippen molar-refractivity contribution in [3.63, 3.8) is 0 Å². The molecule has 0 aliphatic carbocycles. The lowest BCUT2D eigenvalue weighted by atomic mass is 10.2. The third kappa shape index (κ3) is 5.40. The number of carbonyl (C=O) groups is 1. The van der Waals surface area contributed by atoms with Crippen molar-refractivity contribution in [3.8, 4) is 5.75 Å². The number of piperazine rings is 1. The summed E-state index contributed by atoms with van der Waals surface area (Å²) in [5, 5.41) is 0. The normalized spacial score (nSPS) is 14.0. The highest BCUT2D eigenvalue weighted by molar-refractivity contribution is 7.93. The number of carbonyl (C=O) groups excluding carboxylic acids is 1.